The van der Waals surface area contributed by atoms with Crippen LogP contribution in [0.2, 0.25) is 0 Å². The molecule has 0 aromatic carbocycles. The van der Waals surface area contributed by atoms with Gasteiger partial charge in [-0.1, -0.05) is 0 Å². The molecule has 3 rings (SSSR count). The maximum Gasteiger partial charge on any atom is 0.252 e. The fourth-order valence-electron chi connectivity index (χ4n) is 2.65. The van der Waals surface area contributed by atoms with Gasteiger partial charge in [-0.15, -0.1) is 0 Å². The fourth-order valence-corrected chi connectivity index (χ4v) is 3.29. The standard InChI is InChI=1S/C13H17NO3S/c15-12(10-3-8-18-9-10)14-11-1-4-13(5-2-11)16-6-7-17-13/h3,8-9,11H,1-2,4-7H2,(H,14,15). The lowest BCUT2D eigenvalue weighted by molar-refractivity contribution is -0.179. The van der Waals surface area contributed by atoms with Gasteiger partial charge in [0.25, 0.3) is 5.91 Å². The number of carbonyl (C=O) groups excluding carboxylic acids is 1. The average molecular weight is 267 g/mol. The lowest BCUT2D eigenvalue weighted by atomic mass is 9.90. The summed E-state index contributed by atoms with van der Waals surface area (Å²) in [5.74, 6) is -0.311. The van der Waals surface area contributed by atoms with Crippen molar-refractivity contribution in [1.29, 1.82) is 0 Å². The van der Waals surface area contributed by atoms with E-state index in [0.29, 0.717) is 13.2 Å². The van der Waals surface area contributed by atoms with Crippen molar-refractivity contribution in [3.8, 4) is 0 Å². The Morgan fingerprint density at radius 2 is 2.06 bits per heavy atom. The molecule has 1 aromatic rings. The highest BCUT2D eigenvalue weighted by Crippen LogP contribution is 2.35. The normalized spacial score (nSPS) is 23.3. The van der Waals surface area contributed by atoms with Crippen molar-refractivity contribution in [2.24, 2.45) is 0 Å². The zero-order chi connectivity index (χ0) is 12.4. The van der Waals surface area contributed by atoms with Crippen LogP contribution in [0, 0.1) is 0 Å². The maximum atomic E-state index is 11.9. The number of rotatable bonds is 2. The number of ether oxygens (including phenoxy) is 2. The molecule has 0 bridgehead atoms. The van der Waals surface area contributed by atoms with E-state index < -0.39 is 0 Å². The Bertz CT molecular complexity index is 402. The summed E-state index contributed by atoms with van der Waals surface area (Å²) in [6.45, 7) is 1.40. The van der Waals surface area contributed by atoms with Crippen LogP contribution < -0.4 is 5.32 Å². The van der Waals surface area contributed by atoms with Crippen molar-refractivity contribution in [2.75, 3.05) is 13.2 Å². The number of hydrogen-bond acceptors (Lipinski definition) is 4. The van der Waals surface area contributed by atoms with Crippen LogP contribution in [0.15, 0.2) is 16.8 Å². The predicted octanol–water partition coefficient (Wildman–Crippen LogP) is 2.16. The predicted molar refractivity (Wildman–Crippen MR) is 68.7 cm³/mol. The fraction of sp³-hybridized carbons (Fsp3) is 0.615. The van der Waals surface area contributed by atoms with E-state index in [-0.39, 0.29) is 17.7 Å². The van der Waals surface area contributed by atoms with Gasteiger partial charge < -0.3 is 14.8 Å². The molecule has 1 aliphatic heterocycles. The van der Waals surface area contributed by atoms with Crippen LogP contribution in [-0.4, -0.2) is 30.9 Å². The third-order valence-electron chi connectivity index (χ3n) is 3.68. The highest BCUT2D eigenvalue weighted by atomic mass is 32.1. The highest BCUT2D eigenvalue weighted by molar-refractivity contribution is 7.08. The second-order valence-electron chi connectivity index (χ2n) is 4.87. The van der Waals surface area contributed by atoms with Crippen LogP contribution in [-0.2, 0) is 9.47 Å². The van der Waals surface area contributed by atoms with E-state index in [9.17, 15) is 4.79 Å². The minimum Gasteiger partial charge on any atom is -0.349 e. The molecule has 98 valence electrons. The van der Waals surface area contributed by atoms with E-state index in [1.807, 2.05) is 16.8 Å². The summed E-state index contributed by atoms with van der Waals surface area (Å²) in [5.41, 5.74) is 0.758. The van der Waals surface area contributed by atoms with Gasteiger partial charge in [0.2, 0.25) is 0 Å². The van der Waals surface area contributed by atoms with Crippen LogP contribution in [0.4, 0.5) is 0 Å². The van der Waals surface area contributed by atoms with Crippen molar-refractivity contribution in [3.05, 3.63) is 22.4 Å². The third kappa shape index (κ3) is 2.43. The zero-order valence-electron chi connectivity index (χ0n) is 10.2. The van der Waals surface area contributed by atoms with E-state index in [0.717, 1.165) is 31.2 Å². The monoisotopic (exact) mass is 267 g/mol. The Morgan fingerprint density at radius 3 is 2.67 bits per heavy atom. The molecule has 1 N–H and O–H groups in total. The molecule has 1 aliphatic carbocycles. The van der Waals surface area contributed by atoms with E-state index in [1.54, 1.807) is 11.3 Å². The Labute approximate surface area is 110 Å². The molecular weight excluding hydrogens is 250 g/mol. The molecule has 2 heterocycles. The first-order valence-electron chi connectivity index (χ1n) is 6.38. The second-order valence-corrected chi connectivity index (χ2v) is 5.65. The molecule has 18 heavy (non-hydrogen) atoms. The first kappa shape index (κ1) is 12.1. The van der Waals surface area contributed by atoms with E-state index in [2.05, 4.69) is 5.32 Å². The van der Waals surface area contributed by atoms with Crippen molar-refractivity contribution in [2.45, 2.75) is 37.5 Å². The molecule has 0 unspecified atom stereocenters. The minimum atomic E-state index is -0.344. The highest BCUT2D eigenvalue weighted by Gasteiger charge is 2.40. The van der Waals surface area contributed by atoms with Crippen molar-refractivity contribution < 1.29 is 14.3 Å². The molecule has 1 spiro atoms. The molecule has 1 saturated heterocycles. The Balaban J connectivity index is 1.52. The smallest absolute Gasteiger partial charge is 0.252 e. The van der Waals surface area contributed by atoms with Crippen LogP contribution >= 0.6 is 11.3 Å². The summed E-state index contributed by atoms with van der Waals surface area (Å²) < 4.78 is 11.3. The third-order valence-corrected chi connectivity index (χ3v) is 4.36. The SMILES string of the molecule is O=C(NC1CCC2(CC1)OCCO2)c1ccsc1. The topological polar surface area (TPSA) is 47.6 Å². The maximum absolute atomic E-state index is 11.9. The van der Waals surface area contributed by atoms with Gasteiger partial charge in [-0.25, -0.2) is 0 Å². The second kappa shape index (κ2) is 4.99. The molecular formula is C13H17NO3S. The molecule has 2 aliphatic rings. The van der Waals surface area contributed by atoms with Gasteiger partial charge in [0.1, 0.15) is 0 Å². The number of amides is 1. The Kier molecular flexibility index (Phi) is 3.37. The summed E-state index contributed by atoms with van der Waals surface area (Å²) in [6.07, 6.45) is 3.61. The Morgan fingerprint density at radius 1 is 1.33 bits per heavy atom. The summed E-state index contributed by atoms with van der Waals surface area (Å²) in [5, 5.41) is 6.88. The first-order valence-corrected chi connectivity index (χ1v) is 7.33. The molecule has 1 aromatic heterocycles. The van der Waals surface area contributed by atoms with E-state index in [1.165, 1.54) is 0 Å². The quantitative estimate of drug-likeness (QED) is 0.893. The van der Waals surface area contributed by atoms with Gasteiger partial charge in [0, 0.05) is 29.8 Å². The number of carbonyl (C=O) groups is 1. The molecule has 0 atom stereocenters. The number of hydrogen-bond donors (Lipinski definition) is 1. The summed E-state index contributed by atoms with van der Waals surface area (Å²) in [4.78, 5) is 11.9. The van der Waals surface area contributed by atoms with Crippen molar-refractivity contribution in [3.63, 3.8) is 0 Å². The molecule has 2 fully saturated rings. The molecule has 1 saturated carbocycles. The lowest BCUT2D eigenvalue weighted by Gasteiger charge is -2.35. The van der Waals surface area contributed by atoms with Gasteiger partial charge in [0.15, 0.2) is 5.79 Å². The first-order chi connectivity index (χ1) is 8.77. The van der Waals surface area contributed by atoms with Crippen LogP contribution in [0.5, 0.6) is 0 Å². The lowest BCUT2D eigenvalue weighted by Crippen LogP contribution is -2.43. The summed E-state index contributed by atoms with van der Waals surface area (Å²) in [6, 6.07) is 2.10. The van der Waals surface area contributed by atoms with Crippen LogP contribution in [0.25, 0.3) is 0 Å². The van der Waals surface area contributed by atoms with Gasteiger partial charge in [-0.2, -0.15) is 11.3 Å². The van der Waals surface area contributed by atoms with Gasteiger partial charge in [-0.05, 0) is 24.3 Å². The Hall–Kier alpha value is -0.910. The van der Waals surface area contributed by atoms with Gasteiger partial charge in [-0.3, -0.25) is 4.79 Å². The molecule has 4 nitrogen and oxygen atoms in total. The van der Waals surface area contributed by atoms with Crippen molar-refractivity contribution in [1.82, 2.24) is 5.32 Å². The van der Waals surface area contributed by atoms with Crippen molar-refractivity contribution >= 4 is 17.2 Å². The largest absolute Gasteiger partial charge is 0.349 e. The number of thiophene rings is 1. The van der Waals surface area contributed by atoms with E-state index in [4.69, 9.17) is 9.47 Å². The molecule has 0 radical (unpaired) electrons. The van der Waals surface area contributed by atoms with E-state index >= 15 is 0 Å². The van der Waals surface area contributed by atoms with Gasteiger partial charge in [0.05, 0.1) is 13.2 Å². The van der Waals surface area contributed by atoms with Crippen LogP contribution in [0.1, 0.15) is 36.0 Å². The minimum absolute atomic E-state index is 0.0328. The average Bonchev–Trinajstić information content (AvgIpc) is 3.04. The zero-order valence-corrected chi connectivity index (χ0v) is 11.0. The number of nitrogens with one attached hydrogen (secondary N) is 1. The molecule has 5 heteroatoms. The van der Waals surface area contributed by atoms with Gasteiger partial charge >= 0.3 is 0 Å². The molecule has 1 amide bonds. The van der Waals surface area contributed by atoms with Crippen LogP contribution in [0.3, 0.4) is 0 Å². The summed E-state index contributed by atoms with van der Waals surface area (Å²) >= 11 is 1.54. The summed E-state index contributed by atoms with van der Waals surface area (Å²) in [7, 11) is 0.